The number of halogens is 6. The average Bonchev–Trinajstić information content (AvgIpc) is 2.92. The molecule has 0 aliphatic rings. The van der Waals surface area contributed by atoms with Crippen molar-refractivity contribution in [2.45, 2.75) is 25.6 Å². The molecule has 156 valence electrons. The molecule has 0 amide bonds. The molecule has 2 aromatic heterocycles. The van der Waals surface area contributed by atoms with Gasteiger partial charge in [-0.15, -0.1) is 0 Å². The van der Waals surface area contributed by atoms with Crippen LogP contribution in [0.1, 0.15) is 5.56 Å². The predicted octanol–water partition coefficient (Wildman–Crippen LogP) is 6.31. The standard InChI is InChI=1S/C21H14ClF5N2O/c1-11-17-15(8-7-14-18(17)13(22)9-16(30)28-14)29(10-20(23,24)21(25,26)27)19(11)12-5-3-2-4-6-12/h2-9H,10H2,1H3,(H,28,30). The first-order chi connectivity index (χ1) is 14.0. The first-order valence-electron chi connectivity index (χ1n) is 8.85. The smallest absolute Gasteiger partial charge is 0.334 e. The molecule has 1 N–H and O–H groups in total. The molecule has 0 saturated heterocycles. The molecule has 2 heterocycles. The zero-order valence-electron chi connectivity index (χ0n) is 15.4. The molecule has 30 heavy (non-hydrogen) atoms. The molecule has 0 bridgehead atoms. The Labute approximate surface area is 171 Å². The molecule has 0 saturated carbocycles. The third kappa shape index (κ3) is 3.15. The van der Waals surface area contributed by atoms with E-state index in [4.69, 9.17) is 11.6 Å². The van der Waals surface area contributed by atoms with E-state index in [9.17, 15) is 26.7 Å². The van der Waals surface area contributed by atoms with Crippen LogP contribution in [0.25, 0.3) is 33.1 Å². The molecule has 0 unspecified atom stereocenters. The van der Waals surface area contributed by atoms with E-state index < -0.39 is 24.2 Å². The number of nitrogens with one attached hydrogen (secondary N) is 1. The Morgan fingerprint density at radius 3 is 2.30 bits per heavy atom. The van der Waals surface area contributed by atoms with E-state index >= 15 is 0 Å². The number of rotatable bonds is 3. The van der Waals surface area contributed by atoms with Crippen molar-refractivity contribution in [2.24, 2.45) is 0 Å². The van der Waals surface area contributed by atoms with Gasteiger partial charge in [0.05, 0.1) is 22.8 Å². The van der Waals surface area contributed by atoms with Crippen molar-refractivity contribution in [3.05, 3.63) is 69.5 Å². The van der Waals surface area contributed by atoms with Gasteiger partial charge in [0.15, 0.2) is 0 Å². The molecular weight excluding hydrogens is 427 g/mol. The second kappa shape index (κ2) is 6.84. The van der Waals surface area contributed by atoms with Gasteiger partial charge in [-0.25, -0.2) is 0 Å². The van der Waals surface area contributed by atoms with E-state index in [0.29, 0.717) is 27.4 Å². The van der Waals surface area contributed by atoms with Gasteiger partial charge < -0.3 is 9.55 Å². The minimum atomic E-state index is -5.70. The van der Waals surface area contributed by atoms with Crippen LogP contribution in [-0.2, 0) is 6.54 Å². The normalized spacial score (nSPS) is 12.8. The number of aryl methyl sites for hydroxylation is 1. The summed E-state index contributed by atoms with van der Waals surface area (Å²) in [4.78, 5) is 14.4. The highest BCUT2D eigenvalue weighted by molar-refractivity contribution is 6.37. The van der Waals surface area contributed by atoms with Gasteiger partial charge in [0.2, 0.25) is 5.56 Å². The minimum absolute atomic E-state index is 0.0850. The molecule has 0 spiro atoms. The van der Waals surface area contributed by atoms with E-state index in [0.717, 1.165) is 10.6 Å². The summed E-state index contributed by atoms with van der Waals surface area (Å²) in [5.74, 6) is -4.95. The van der Waals surface area contributed by atoms with Crippen LogP contribution in [-0.4, -0.2) is 21.6 Å². The van der Waals surface area contributed by atoms with Gasteiger partial charge in [0.1, 0.15) is 0 Å². The Kier molecular flexibility index (Phi) is 4.65. The molecule has 9 heteroatoms. The zero-order valence-corrected chi connectivity index (χ0v) is 16.2. The molecule has 0 aliphatic carbocycles. The van der Waals surface area contributed by atoms with Crippen molar-refractivity contribution in [3.63, 3.8) is 0 Å². The number of hydrogen-bond donors (Lipinski definition) is 1. The lowest BCUT2D eigenvalue weighted by molar-refractivity contribution is -0.286. The lowest BCUT2D eigenvalue weighted by Crippen LogP contribution is -2.40. The van der Waals surface area contributed by atoms with E-state index in [1.165, 1.54) is 12.1 Å². The van der Waals surface area contributed by atoms with Gasteiger partial charge in [-0.1, -0.05) is 41.9 Å². The molecule has 3 nitrogen and oxygen atoms in total. The maximum atomic E-state index is 14.1. The number of fused-ring (bicyclic) bond motifs is 3. The van der Waals surface area contributed by atoms with Gasteiger partial charge in [-0.2, -0.15) is 22.0 Å². The maximum absolute atomic E-state index is 14.1. The Morgan fingerprint density at radius 2 is 1.67 bits per heavy atom. The van der Waals surface area contributed by atoms with Gasteiger partial charge in [-0.05, 0) is 30.2 Å². The number of pyridine rings is 1. The van der Waals surface area contributed by atoms with Crippen molar-refractivity contribution in [1.82, 2.24) is 9.55 Å². The lowest BCUT2D eigenvalue weighted by atomic mass is 10.0. The zero-order chi connectivity index (χ0) is 21.8. The number of H-pyrrole nitrogens is 1. The molecule has 4 rings (SSSR count). The second-order valence-corrected chi connectivity index (χ2v) is 7.40. The fourth-order valence-corrected chi connectivity index (χ4v) is 4.06. The third-order valence-electron chi connectivity index (χ3n) is 5.05. The first kappa shape index (κ1) is 20.4. The fraction of sp³-hybridized carbons (Fsp3) is 0.190. The van der Waals surface area contributed by atoms with Gasteiger partial charge >= 0.3 is 12.1 Å². The Balaban J connectivity index is 2.13. The fourth-order valence-electron chi connectivity index (χ4n) is 3.77. The monoisotopic (exact) mass is 440 g/mol. The minimum Gasteiger partial charge on any atom is -0.334 e. The summed E-state index contributed by atoms with van der Waals surface area (Å²) in [6, 6.07) is 12.3. The summed E-state index contributed by atoms with van der Waals surface area (Å²) in [6.07, 6.45) is -5.70. The van der Waals surface area contributed by atoms with Crippen LogP contribution < -0.4 is 5.56 Å². The van der Waals surface area contributed by atoms with Crippen molar-refractivity contribution < 1.29 is 22.0 Å². The van der Waals surface area contributed by atoms with Crippen molar-refractivity contribution in [3.8, 4) is 11.3 Å². The summed E-state index contributed by atoms with van der Waals surface area (Å²) in [5, 5.41) is 0.880. The summed E-state index contributed by atoms with van der Waals surface area (Å²) >= 11 is 6.27. The van der Waals surface area contributed by atoms with Crippen molar-refractivity contribution in [2.75, 3.05) is 0 Å². The average molecular weight is 441 g/mol. The number of alkyl halides is 5. The number of aromatic amines is 1. The first-order valence-corrected chi connectivity index (χ1v) is 9.23. The van der Waals surface area contributed by atoms with Crippen LogP contribution in [0.5, 0.6) is 0 Å². The molecule has 0 radical (unpaired) electrons. The van der Waals surface area contributed by atoms with Crippen LogP contribution >= 0.6 is 11.6 Å². The second-order valence-electron chi connectivity index (χ2n) is 6.99. The number of nitrogens with zero attached hydrogens (tertiary/aromatic N) is 1. The van der Waals surface area contributed by atoms with Crippen LogP contribution in [0.15, 0.2) is 53.3 Å². The lowest BCUT2D eigenvalue weighted by Gasteiger charge is -2.22. The van der Waals surface area contributed by atoms with Crippen LogP contribution in [0, 0.1) is 6.92 Å². The molecule has 0 fully saturated rings. The number of aromatic nitrogens is 2. The topological polar surface area (TPSA) is 37.8 Å². The third-order valence-corrected chi connectivity index (χ3v) is 5.35. The van der Waals surface area contributed by atoms with Crippen LogP contribution in [0.2, 0.25) is 5.02 Å². The Bertz CT molecular complexity index is 1320. The predicted molar refractivity (Wildman–Crippen MR) is 106 cm³/mol. The molecule has 0 aliphatic heterocycles. The highest BCUT2D eigenvalue weighted by Crippen LogP contribution is 2.43. The summed E-state index contributed by atoms with van der Waals surface area (Å²) < 4.78 is 68.1. The molecule has 2 aromatic carbocycles. The van der Waals surface area contributed by atoms with Gasteiger partial charge in [0.25, 0.3) is 0 Å². The van der Waals surface area contributed by atoms with E-state index in [2.05, 4.69) is 4.98 Å². The van der Waals surface area contributed by atoms with Gasteiger partial charge in [0, 0.05) is 22.4 Å². The van der Waals surface area contributed by atoms with Gasteiger partial charge in [-0.3, -0.25) is 4.79 Å². The summed E-state index contributed by atoms with van der Waals surface area (Å²) in [5.41, 5.74) is 1.27. The molecule has 0 atom stereocenters. The molecular formula is C21H14ClF5N2O. The van der Waals surface area contributed by atoms with E-state index in [1.807, 2.05) is 0 Å². The number of hydrogen-bond acceptors (Lipinski definition) is 1. The van der Waals surface area contributed by atoms with Crippen molar-refractivity contribution in [1.29, 1.82) is 0 Å². The SMILES string of the molecule is Cc1c(-c2ccccc2)n(CC(F)(F)C(F)(F)F)c2ccc3[nH]c(=O)cc(Cl)c3c12. The summed E-state index contributed by atoms with van der Waals surface area (Å²) in [7, 11) is 0. The molecule has 4 aromatic rings. The number of benzene rings is 2. The van der Waals surface area contributed by atoms with Crippen LogP contribution in [0.4, 0.5) is 22.0 Å². The Hall–Kier alpha value is -2.87. The highest BCUT2D eigenvalue weighted by atomic mass is 35.5. The Morgan fingerprint density at radius 1 is 1.00 bits per heavy atom. The van der Waals surface area contributed by atoms with E-state index in [-0.39, 0.29) is 16.2 Å². The van der Waals surface area contributed by atoms with Crippen LogP contribution in [0.3, 0.4) is 0 Å². The highest BCUT2D eigenvalue weighted by Gasteiger charge is 2.57. The maximum Gasteiger partial charge on any atom is 0.455 e. The summed E-state index contributed by atoms with van der Waals surface area (Å²) in [6.45, 7) is 0.0469. The van der Waals surface area contributed by atoms with E-state index in [1.54, 1.807) is 37.3 Å². The largest absolute Gasteiger partial charge is 0.455 e. The van der Waals surface area contributed by atoms with Crippen molar-refractivity contribution >= 4 is 33.4 Å². The quantitative estimate of drug-likeness (QED) is 0.372.